The van der Waals surface area contributed by atoms with Crippen molar-refractivity contribution in [3.63, 3.8) is 0 Å². The Morgan fingerprint density at radius 1 is 1.08 bits per heavy atom. The average molecular weight is 338 g/mol. The maximum atomic E-state index is 12.5. The highest BCUT2D eigenvalue weighted by atomic mass is 16.5. The van der Waals surface area contributed by atoms with E-state index in [0.717, 1.165) is 17.7 Å². The monoisotopic (exact) mass is 338 g/mol. The van der Waals surface area contributed by atoms with Crippen LogP contribution in [0.2, 0.25) is 0 Å². The van der Waals surface area contributed by atoms with E-state index in [2.05, 4.69) is 10.3 Å². The second-order valence-electron chi connectivity index (χ2n) is 6.37. The number of hydrogen-bond acceptors (Lipinski definition) is 4. The summed E-state index contributed by atoms with van der Waals surface area (Å²) in [5.41, 5.74) is 0.953. The van der Waals surface area contributed by atoms with Gasteiger partial charge in [0.25, 0.3) is 0 Å². The highest BCUT2D eigenvalue weighted by Gasteiger charge is 2.46. The van der Waals surface area contributed by atoms with Gasteiger partial charge in [-0.2, -0.15) is 0 Å². The van der Waals surface area contributed by atoms with E-state index in [-0.39, 0.29) is 18.5 Å². The molecular formula is C20H22N2O3. The van der Waals surface area contributed by atoms with Gasteiger partial charge in [-0.25, -0.2) is 4.79 Å². The molecule has 0 radical (unpaired) electrons. The molecule has 1 aliphatic carbocycles. The Labute approximate surface area is 147 Å². The lowest BCUT2D eigenvalue weighted by atomic mass is 9.76. The van der Waals surface area contributed by atoms with Gasteiger partial charge in [0.05, 0.1) is 0 Å². The van der Waals surface area contributed by atoms with Crippen LogP contribution in [0.5, 0.6) is 0 Å². The van der Waals surface area contributed by atoms with Gasteiger partial charge in [0.2, 0.25) is 5.91 Å². The molecule has 1 amide bonds. The van der Waals surface area contributed by atoms with Crippen LogP contribution in [-0.4, -0.2) is 22.4 Å². The molecule has 0 spiro atoms. The number of carbonyl (C=O) groups excluding carboxylic acids is 2. The fraction of sp³-hybridized carbons (Fsp3) is 0.350. The Morgan fingerprint density at radius 2 is 1.84 bits per heavy atom. The highest BCUT2D eigenvalue weighted by molar-refractivity contribution is 5.89. The minimum Gasteiger partial charge on any atom is -0.459 e. The normalized spacial score (nSPS) is 15.0. The lowest BCUT2D eigenvalue weighted by Crippen LogP contribution is -2.59. The van der Waals surface area contributed by atoms with Crippen molar-refractivity contribution in [2.45, 2.75) is 44.2 Å². The van der Waals surface area contributed by atoms with Gasteiger partial charge in [-0.05, 0) is 43.4 Å². The van der Waals surface area contributed by atoms with Gasteiger partial charge in [-0.1, -0.05) is 36.4 Å². The van der Waals surface area contributed by atoms with Crippen LogP contribution in [0.3, 0.4) is 0 Å². The molecule has 1 aliphatic rings. The zero-order valence-corrected chi connectivity index (χ0v) is 14.1. The maximum Gasteiger partial charge on any atom is 0.332 e. The van der Waals surface area contributed by atoms with Crippen molar-refractivity contribution in [1.82, 2.24) is 10.3 Å². The predicted molar refractivity (Wildman–Crippen MR) is 93.5 cm³/mol. The Kier molecular flexibility index (Phi) is 5.43. The number of nitrogens with zero attached hydrogens (tertiary/aromatic N) is 1. The summed E-state index contributed by atoms with van der Waals surface area (Å²) in [5.74, 6) is -0.476. The molecular weight excluding hydrogens is 316 g/mol. The smallest absolute Gasteiger partial charge is 0.332 e. The van der Waals surface area contributed by atoms with Crippen molar-refractivity contribution in [1.29, 1.82) is 0 Å². The largest absolute Gasteiger partial charge is 0.459 e. The third-order valence-electron chi connectivity index (χ3n) is 4.52. The van der Waals surface area contributed by atoms with Gasteiger partial charge in [-0.3, -0.25) is 9.78 Å². The topological polar surface area (TPSA) is 68.3 Å². The number of aryl methyl sites for hydroxylation is 1. The number of nitrogens with one attached hydrogen (secondary N) is 1. The van der Waals surface area contributed by atoms with Crippen LogP contribution in [0.25, 0.3) is 0 Å². The zero-order valence-electron chi connectivity index (χ0n) is 14.1. The molecule has 130 valence electrons. The molecule has 0 aliphatic heterocycles. The Balaban J connectivity index is 1.51. The van der Waals surface area contributed by atoms with Crippen molar-refractivity contribution in [2.24, 2.45) is 0 Å². The SMILES string of the molecule is O=C(CCc1ccccn1)NC1(C(=O)OCc2ccccc2)CCC1. The van der Waals surface area contributed by atoms with Gasteiger partial charge in [0.1, 0.15) is 12.1 Å². The third-order valence-corrected chi connectivity index (χ3v) is 4.52. The molecule has 2 aromatic rings. The van der Waals surface area contributed by atoms with Crippen molar-refractivity contribution in [2.75, 3.05) is 0 Å². The van der Waals surface area contributed by atoms with E-state index in [0.29, 0.717) is 25.7 Å². The van der Waals surface area contributed by atoms with Crippen LogP contribution in [0, 0.1) is 0 Å². The van der Waals surface area contributed by atoms with Crippen LogP contribution in [0.1, 0.15) is 36.9 Å². The molecule has 1 N–H and O–H groups in total. The zero-order chi connectivity index (χ0) is 17.5. The first-order chi connectivity index (χ1) is 12.2. The van der Waals surface area contributed by atoms with Crippen molar-refractivity contribution >= 4 is 11.9 Å². The van der Waals surface area contributed by atoms with E-state index in [1.54, 1.807) is 6.20 Å². The van der Waals surface area contributed by atoms with Crippen molar-refractivity contribution in [3.05, 3.63) is 66.0 Å². The van der Waals surface area contributed by atoms with Crippen LogP contribution in [-0.2, 0) is 27.4 Å². The van der Waals surface area contributed by atoms with Gasteiger partial charge in [0, 0.05) is 18.3 Å². The van der Waals surface area contributed by atoms with Crippen LogP contribution >= 0.6 is 0 Å². The molecule has 3 rings (SSSR count). The summed E-state index contributed by atoms with van der Waals surface area (Å²) >= 11 is 0. The van der Waals surface area contributed by atoms with Gasteiger partial charge < -0.3 is 10.1 Å². The first-order valence-electron chi connectivity index (χ1n) is 8.60. The molecule has 1 fully saturated rings. The minimum atomic E-state index is -0.851. The number of pyridine rings is 1. The molecule has 1 saturated carbocycles. The van der Waals surface area contributed by atoms with E-state index in [1.807, 2.05) is 48.5 Å². The second-order valence-corrected chi connectivity index (χ2v) is 6.37. The summed E-state index contributed by atoms with van der Waals surface area (Å²) in [6, 6.07) is 15.2. The molecule has 0 atom stereocenters. The standard InChI is InChI=1S/C20H22N2O3/c23-18(11-10-17-9-4-5-14-21-17)22-20(12-6-13-20)19(24)25-15-16-7-2-1-3-8-16/h1-5,7-9,14H,6,10-13,15H2,(H,22,23). The molecule has 25 heavy (non-hydrogen) atoms. The fourth-order valence-corrected chi connectivity index (χ4v) is 2.89. The molecule has 1 heterocycles. The number of carbonyl (C=O) groups is 2. The van der Waals surface area contributed by atoms with Crippen molar-refractivity contribution < 1.29 is 14.3 Å². The summed E-state index contributed by atoms with van der Waals surface area (Å²) in [6.45, 7) is 0.227. The lowest BCUT2D eigenvalue weighted by Gasteiger charge is -2.39. The van der Waals surface area contributed by atoms with E-state index in [1.165, 1.54) is 0 Å². The molecule has 0 bridgehead atoms. The van der Waals surface area contributed by atoms with E-state index in [9.17, 15) is 9.59 Å². The number of esters is 1. The second kappa shape index (κ2) is 7.92. The van der Waals surface area contributed by atoms with E-state index < -0.39 is 5.54 Å². The number of hydrogen-bond donors (Lipinski definition) is 1. The Bertz CT molecular complexity index is 712. The average Bonchev–Trinajstić information content (AvgIpc) is 2.63. The number of aromatic nitrogens is 1. The maximum absolute atomic E-state index is 12.5. The molecule has 5 heteroatoms. The first kappa shape index (κ1) is 17.1. The molecule has 1 aromatic heterocycles. The van der Waals surface area contributed by atoms with E-state index in [4.69, 9.17) is 4.74 Å². The molecule has 5 nitrogen and oxygen atoms in total. The van der Waals surface area contributed by atoms with Crippen LogP contribution in [0.4, 0.5) is 0 Å². The number of rotatable bonds is 7. The van der Waals surface area contributed by atoms with Crippen molar-refractivity contribution in [3.8, 4) is 0 Å². The molecule has 0 saturated heterocycles. The number of amides is 1. The summed E-state index contributed by atoms with van der Waals surface area (Å²) in [5, 5.41) is 2.89. The van der Waals surface area contributed by atoms with E-state index >= 15 is 0 Å². The quantitative estimate of drug-likeness (QED) is 0.788. The highest BCUT2D eigenvalue weighted by Crippen LogP contribution is 2.33. The Hall–Kier alpha value is -2.69. The minimum absolute atomic E-state index is 0.137. The number of ether oxygens (including phenoxy) is 1. The summed E-state index contributed by atoms with van der Waals surface area (Å²) < 4.78 is 5.43. The fourth-order valence-electron chi connectivity index (χ4n) is 2.89. The molecule has 1 aromatic carbocycles. The van der Waals surface area contributed by atoms with Gasteiger partial charge in [0.15, 0.2) is 0 Å². The summed E-state index contributed by atoms with van der Waals surface area (Å²) in [7, 11) is 0. The van der Waals surface area contributed by atoms with Gasteiger partial charge in [-0.15, -0.1) is 0 Å². The summed E-state index contributed by atoms with van der Waals surface area (Å²) in [4.78, 5) is 28.9. The van der Waals surface area contributed by atoms with Crippen LogP contribution < -0.4 is 5.32 Å². The lowest BCUT2D eigenvalue weighted by molar-refractivity contribution is -0.159. The third kappa shape index (κ3) is 4.44. The Morgan fingerprint density at radius 3 is 2.48 bits per heavy atom. The predicted octanol–water partition coefficient (Wildman–Crippen LogP) is 2.80. The van der Waals surface area contributed by atoms with Crippen LogP contribution in [0.15, 0.2) is 54.7 Å². The molecule has 0 unspecified atom stereocenters. The van der Waals surface area contributed by atoms with Gasteiger partial charge >= 0.3 is 5.97 Å². The number of benzene rings is 1. The first-order valence-corrected chi connectivity index (χ1v) is 8.60. The summed E-state index contributed by atoms with van der Waals surface area (Å²) in [6.07, 6.45) is 4.76.